The van der Waals surface area contributed by atoms with Gasteiger partial charge in [-0.25, -0.2) is 23.1 Å². The van der Waals surface area contributed by atoms with Crippen LogP contribution < -0.4 is 9.62 Å². The highest BCUT2D eigenvalue weighted by atomic mass is 32.2. The summed E-state index contributed by atoms with van der Waals surface area (Å²) in [5.74, 6) is -2.11. The van der Waals surface area contributed by atoms with E-state index in [1.165, 1.54) is 11.9 Å². The van der Waals surface area contributed by atoms with Crippen LogP contribution in [0.25, 0.3) is 0 Å². The largest absolute Gasteiger partial charge is 0.364 e. The van der Waals surface area contributed by atoms with Crippen LogP contribution in [0.5, 0.6) is 0 Å². The van der Waals surface area contributed by atoms with Gasteiger partial charge in [-0.1, -0.05) is 66.8 Å². The molecule has 0 radical (unpaired) electrons. The number of aromatic nitrogens is 2. The number of anilines is 1. The van der Waals surface area contributed by atoms with E-state index in [0.29, 0.717) is 24.7 Å². The van der Waals surface area contributed by atoms with Gasteiger partial charge in [0.15, 0.2) is 0 Å². The van der Waals surface area contributed by atoms with Crippen molar-refractivity contribution in [3.63, 3.8) is 0 Å². The first kappa shape index (κ1) is 38.6. The summed E-state index contributed by atoms with van der Waals surface area (Å²) < 4.78 is 28.5. The Morgan fingerprint density at radius 3 is 2.05 bits per heavy atom. The molecule has 0 saturated carbocycles. The number of nitrogens with one attached hydrogen (secondary N) is 1. The minimum absolute atomic E-state index is 0.0187. The smallest absolute Gasteiger partial charge is 0.257 e. The topological polar surface area (TPSA) is 136 Å². The minimum atomic E-state index is -3.75. The molecule has 1 aliphatic carbocycles. The number of fused-ring (bicyclic) bond motifs is 1. The monoisotopic (exact) mass is 765 g/mol. The van der Waals surface area contributed by atoms with Crippen molar-refractivity contribution in [3.05, 3.63) is 113 Å². The number of rotatable bonds is 12. The van der Waals surface area contributed by atoms with Crippen LogP contribution in [0.1, 0.15) is 65.5 Å². The molecule has 13 heteroatoms. The molecule has 290 valence electrons. The van der Waals surface area contributed by atoms with Crippen molar-refractivity contribution in [3.8, 4) is 0 Å². The predicted molar refractivity (Wildman–Crippen MR) is 211 cm³/mol. The summed E-state index contributed by atoms with van der Waals surface area (Å²) in [5.41, 5.74) is 5.22. The summed E-state index contributed by atoms with van der Waals surface area (Å²) >= 11 is 0. The number of hydrogen-bond donors (Lipinski definition) is 1. The number of benzene rings is 2. The van der Waals surface area contributed by atoms with Crippen LogP contribution in [-0.2, 0) is 32.7 Å². The average Bonchev–Trinajstić information content (AvgIpc) is 3.44. The van der Waals surface area contributed by atoms with E-state index in [9.17, 15) is 22.8 Å². The number of imide groups is 1. The molecule has 1 N–H and O–H groups in total. The standard InChI is InChI=1S/C42H51N7O5S/c1-30-38(31(2)44-29-43-30)41(52)46-23-19-42(3,20-24-46)47-21-17-35(18-22-47)49(28-33-9-5-4-6-10-33)34-15-13-32(14-16-34)27-45-55(53,54)26-25-48-39(50)36-11-7-8-12-37(36)40(48)51/h4-16,29,35-37,45H,17-28H2,1-3H3. The number of aryl methyl sites for hydroxylation is 2. The molecule has 0 spiro atoms. The summed E-state index contributed by atoms with van der Waals surface area (Å²) in [6.07, 6.45) is 12.2. The van der Waals surface area contributed by atoms with Crippen molar-refractivity contribution in [2.45, 2.75) is 71.1 Å². The maximum atomic E-state index is 13.4. The van der Waals surface area contributed by atoms with E-state index in [1.807, 2.05) is 36.9 Å². The van der Waals surface area contributed by atoms with E-state index in [4.69, 9.17) is 0 Å². The molecule has 55 heavy (non-hydrogen) atoms. The van der Waals surface area contributed by atoms with Crippen molar-refractivity contribution in [2.24, 2.45) is 11.8 Å². The fourth-order valence-corrected chi connectivity index (χ4v) is 9.50. The molecule has 3 aromatic rings. The van der Waals surface area contributed by atoms with Gasteiger partial charge in [-0.15, -0.1) is 0 Å². The average molecular weight is 766 g/mol. The number of piperidine rings is 2. The Balaban J connectivity index is 0.948. The molecule has 1 aromatic heterocycles. The molecule has 7 rings (SSSR count). The minimum Gasteiger partial charge on any atom is -0.364 e. The zero-order valence-corrected chi connectivity index (χ0v) is 32.7. The van der Waals surface area contributed by atoms with Gasteiger partial charge in [-0.05, 0) is 69.7 Å². The maximum Gasteiger partial charge on any atom is 0.257 e. The van der Waals surface area contributed by atoms with Crippen molar-refractivity contribution in [1.82, 2.24) is 29.4 Å². The summed E-state index contributed by atoms with van der Waals surface area (Å²) in [5, 5.41) is 0. The lowest BCUT2D eigenvalue weighted by molar-refractivity contribution is -0.139. The van der Waals surface area contributed by atoms with Gasteiger partial charge in [-0.2, -0.15) is 0 Å². The number of likely N-dealkylation sites (tertiary alicyclic amines) is 3. The van der Waals surface area contributed by atoms with Crippen LogP contribution in [0.4, 0.5) is 5.69 Å². The van der Waals surface area contributed by atoms with Crippen LogP contribution in [0.15, 0.2) is 85.2 Å². The maximum absolute atomic E-state index is 13.4. The number of nitrogens with zero attached hydrogens (tertiary/aromatic N) is 6. The van der Waals surface area contributed by atoms with Crippen LogP contribution in [0.2, 0.25) is 0 Å². The van der Waals surface area contributed by atoms with Gasteiger partial charge in [0.25, 0.3) is 5.91 Å². The van der Waals surface area contributed by atoms with Gasteiger partial charge in [0, 0.05) is 63.1 Å². The molecule has 3 aliphatic heterocycles. The summed E-state index contributed by atoms with van der Waals surface area (Å²) in [6.45, 7) is 10.1. The summed E-state index contributed by atoms with van der Waals surface area (Å²) in [6, 6.07) is 18.8. The normalized spacial score (nSPS) is 21.6. The molecule has 4 aliphatic rings. The third-order valence-corrected chi connectivity index (χ3v) is 13.3. The van der Waals surface area contributed by atoms with Crippen molar-refractivity contribution in [2.75, 3.05) is 43.4 Å². The fraction of sp³-hybridized carbons (Fsp3) is 0.452. The molecule has 4 heterocycles. The van der Waals surface area contributed by atoms with E-state index >= 15 is 0 Å². The lowest BCUT2D eigenvalue weighted by atomic mass is 9.85. The van der Waals surface area contributed by atoms with Crippen molar-refractivity contribution < 1.29 is 22.8 Å². The first-order chi connectivity index (χ1) is 26.4. The van der Waals surface area contributed by atoms with Gasteiger partial charge < -0.3 is 9.80 Å². The molecule has 3 saturated heterocycles. The number of amides is 3. The lowest BCUT2D eigenvalue weighted by Gasteiger charge is -2.50. The Morgan fingerprint density at radius 2 is 1.45 bits per heavy atom. The molecule has 0 bridgehead atoms. The lowest BCUT2D eigenvalue weighted by Crippen LogP contribution is -2.58. The first-order valence-electron chi connectivity index (χ1n) is 19.3. The SMILES string of the molecule is Cc1ncnc(C)c1C(=O)N1CCC(C)(N2CCC(N(Cc3ccccc3)c3ccc(CNS(=O)(=O)CCN4C(=O)C5C=CC=CC5C4=O)cc3)CC2)CC1. The van der Waals surface area contributed by atoms with Gasteiger partial charge in [0.1, 0.15) is 6.33 Å². The highest BCUT2D eigenvalue weighted by Gasteiger charge is 2.45. The quantitative estimate of drug-likeness (QED) is 0.266. The predicted octanol–water partition coefficient (Wildman–Crippen LogP) is 4.41. The molecule has 2 atom stereocenters. The Hall–Kier alpha value is -4.72. The van der Waals surface area contributed by atoms with E-state index in [1.54, 1.807) is 24.3 Å². The van der Waals surface area contributed by atoms with E-state index in [-0.39, 0.29) is 42.1 Å². The van der Waals surface area contributed by atoms with Crippen molar-refractivity contribution in [1.29, 1.82) is 0 Å². The second-order valence-electron chi connectivity index (χ2n) is 15.5. The van der Waals surface area contributed by atoms with E-state index < -0.39 is 21.9 Å². The molecular formula is C42H51N7O5S. The first-order valence-corrected chi connectivity index (χ1v) is 21.0. The van der Waals surface area contributed by atoms with Crippen LogP contribution in [0, 0.1) is 25.7 Å². The fourth-order valence-electron chi connectivity index (χ4n) is 8.55. The van der Waals surface area contributed by atoms with Gasteiger partial charge >= 0.3 is 0 Å². The molecule has 3 fully saturated rings. The second kappa shape index (κ2) is 16.2. The molecule has 3 amide bonds. The third kappa shape index (κ3) is 8.44. The number of sulfonamides is 1. The van der Waals surface area contributed by atoms with Gasteiger partial charge in [-0.3, -0.25) is 24.2 Å². The van der Waals surface area contributed by atoms with Crippen molar-refractivity contribution >= 4 is 33.4 Å². The van der Waals surface area contributed by atoms with E-state index in [2.05, 4.69) is 67.8 Å². The summed E-state index contributed by atoms with van der Waals surface area (Å²) in [7, 11) is -3.75. The Bertz CT molecular complexity index is 2000. The zero-order valence-electron chi connectivity index (χ0n) is 31.9. The highest BCUT2D eigenvalue weighted by molar-refractivity contribution is 7.89. The number of hydrogen-bond acceptors (Lipinski definition) is 9. The van der Waals surface area contributed by atoms with Gasteiger partial charge in [0.05, 0.1) is 34.5 Å². The Labute approximate surface area is 324 Å². The van der Waals surface area contributed by atoms with Gasteiger partial charge in [0.2, 0.25) is 21.8 Å². The van der Waals surface area contributed by atoms with Crippen LogP contribution in [-0.4, -0.2) is 101 Å². The zero-order chi connectivity index (χ0) is 38.7. The molecular weight excluding hydrogens is 715 g/mol. The summed E-state index contributed by atoms with van der Waals surface area (Å²) in [4.78, 5) is 55.6. The molecule has 2 unspecified atom stereocenters. The number of allylic oxidation sites excluding steroid dienone is 2. The number of carbonyl (C=O) groups is 3. The Kier molecular flexibility index (Phi) is 11.3. The van der Waals surface area contributed by atoms with Crippen LogP contribution >= 0.6 is 0 Å². The van der Waals surface area contributed by atoms with Crippen LogP contribution in [0.3, 0.4) is 0 Å². The molecule has 2 aromatic carbocycles. The molecule has 12 nitrogen and oxygen atoms in total. The highest BCUT2D eigenvalue weighted by Crippen LogP contribution is 2.35. The Morgan fingerprint density at radius 1 is 0.855 bits per heavy atom. The second-order valence-corrected chi connectivity index (χ2v) is 17.4. The number of carbonyl (C=O) groups excluding carboxylic acids is 3. The van der Waals surface area contributed by atoms with E-state index in [0.717, 1.165) is 72.9 Å². The third-order valence-electron chi connectivity index (χ3n) is 12.0.